The van der Waals surface area contributed by atoms with Crippen LogP contribution in [0.4, 0.5) is 19.0 Å². The fourth-order valence-electron chi connectivity index (χ4n) is 2.30. The molecule has 2 N–H and O–H groups in total. The van der Waals surface area contributed by atoms with Crippen molar-refractivity contribution in [2.24, 2.45) is 0 Å². The van der Waals surface area contributed by atoms with Gasteiger partial charge in [0.2, 0.25) is 0 Å². The van der Waals surface area contributed by atoms with Crippen LogP contribution < -0.4 is 5.32 Å². The summed E-state index contributed by atoms with van der Waals surface area (Å²) in [4.78, 5) is 32.4. The molecule has 1 amide bonds. The van der Waals surface area contributed by atoms with Crippen LogP contribution in [0, 0.1) is 0 Å². The zero-order chi connectivity index (χ0) is 23.8. The lowest BCUT2D eigenvalue weighted by Crippen LogP contribution is -2.32. The Labute approximate surface area is 178 Å². The van der Waals surface area contributed by atoms with Gasteiger partial charge in [-0.1, -0.05) is 20.8 Å². The van der Waals surface area contributed by atoms with Gasteiger partial charge in [0.05, 0.1) is 12.8 Å². The molecule has 2 heterocycles. The molecule has 0 bridgehead atoms. The van der Waals surface area contributed by atoms with Gasteiger partial charge in [-0.2, -0.15) is 13.2 Å². The summed E-state index contributed by atoms with van der Waals surface area (Å²) in [6.45, 7) is 11.8. The van der Waals surface area contributed by atoms with Gasteiger partial charge in [-0.25, -0.2) is 14.8 Å². The number of aromatic nitrogens is 2. The maximum atomic E-state index is 12.7. The van der Waals surface area contributed by atoms with Gasteiger partial charge in [-0.15, -0.1) is 0 Å². The summed E-state index contributed by atoms with van der Waals surface area (Å²) in [6, 6.07) is 3.71. The molecular formula is C20H27F3N4O4. The van der Waals surface area contributed by atoms with E-state index >= 15 is 0 Å². The van der Waals surface area contributed by atoms with Crippen molar-refractivity contribution < 1.29 is 32.3 Å². The Bertz CT molecular complexity index is 858. The number of hydrogen-bond acceptors (Lipinski definition) is 6. The number of carboxylic acids is 1. The van der Waals surface area contributed by atoms with Gasteiger partial charge in [-0.3, -0.25) is 4.79 Å². The Morgan fingerprint density at radius 2 is 1.77 bits per heavy atom. The number of carbonyl (C=O) groups is 2. The van der Waals surface area contributed by atoms with E-state index in [2.05, 4.69) is 15.3 Å². The third kappa shape index (κ3) is 7.91. The SMILES string of the molecule is CCN(CC)C(=O)c1cnc(C(C)(C)C)nc1NCc1ccco1.O=C(O)C(F)(F)F. The lowest BCUT2D eigenvalue weighted by Gasteiger charge is -2.22. The lowest BCUT2D eigenvalue weighted by molar-refractivity contribution is -0.192. The Hall–Kier alpha value is -3.11. The monoisotopic (exact) mass is 444 g/mol. The van der Waals surface area contributed by atoms with Crippen molar-refractivity contribution in [3.63, 3.8) is 0 Å². The van der Waals surface area contributed by atoms with Gasteiger partial charge < -0.3 is 19.7 Å². The van der Waals surface area contributed by atoms with Crippen LogP contribution in [-0.4, -0.2) is 51.1 Å². The summed E-state index contributed by atoms with van der Waals surface area (Å²) in [5.74, 6) is -0.800. The lowest BCUT2D eigenvalue weighted by atomic mass is 9.95. The van der Waals surface area contributed by atoms with E-state index in [4.69, 9.17) is 14.3 Å². The first kappa shape index (κ1) is 25.9. The Kier molecular flexibility index (Phi) is 9.02. The number of hydrogen-bond donors (Lipinski definition) is 2. The minimum atomic E-state index is -5.08. The van der Waals surface area contributed by atoms with E-state index < -0.39 is 12.1 Å². The van der Waals surface area contributed by atoms with E-state index in [-0.39, 0.29) is 11.3 Å². The summed E-state index contributed by atoms with van der Waals surface area (Å²) < 4.78 is 37.1. The smallest absolute Gasteiger partial charge is 0.475 e. The van der Waals surface area contributed by atoms with Crippen molar-refractivity contribution in [3.05, 3.63) is 41.7 Å². The molecule has 0 aliphatic heterocycles. The Morgan fingerprint density at radius 1 is 1.19 bits per heavy atom. The summed E-state index contributed by atoms with van der Waals surface area (Å²) in [5.41, 5.74) is 0.288. The minimum absolute atomic E-state index is 0.0672. The van der Waals surface area contributed by atoms with Crippen LogP contribution in [0.2, 0.25) is 0 Å². The quantitative estimate of drug-likeness (QED) is 0.691. The Morgan fingerprint density at radius 3 is 2.19 bits per heavy atom. The number of furan rings is 1. The molecule has 0 aliphatic carbocycles. The number of halogens is 3. The van der Waals surface area contributed by atoms with E-state index in [0.717, 1.165) is 5.76 Å². The first-order valence-corrected chi connectivity index (χ1v) is 9.54. The number of aliphatic carboxylic acids is 1. The second-order valence-corrected chi connectivity index (χ2v) is 7.42. The van der Waals surface area contributed by atoms with Crippen molar-refractivity contribution in [1.29, 1.82) is 0 Å². The van der Waals surface area contributed by atoms with Crippen LogP contribution in [0.25, 0.3) is 0 Å². The summed E-state index contributed by atoms with van der Waals surface area (Å²) in [7, 11) is 0. The molecule has 0 saturated carbocycles. The number of carbonyl (C=O) groups excluding carboxylic acids is 1. The van der Waals surface area contributed by atoms with Gasteiger partial charge >= 0.3 is 12.1 Å². The summed E-state index contributed by atoms with van der Waals surface area (Å²) in [5, 5.41) is 10.3. The van der Waals surface area contributed by atoms with Crippen molar-refractivity contribution in [1.82, 2.24) is 14.9 Å². The Balaban J connectivity index is 0.000000592. The molecule has 8 nitrogen and oxygen atoms in total. The van der Waals surface area contributed by atoms with Gasteiger partial charge in [0.1, 0.15) is 23.0 Å². The largest absolute Gasteiger partial charge is 0.490 e. The highest BCUT2D eigenvalue weighted by atomic mass is 19.4. The molecule has 0 atom stereocenters. The zero-order valence-corrected chi connectivity index (χ0v) is 18.1. The third-order valence-electron chi connectivity index (χ3n) is 3.99. The molecule has 2 rings (SSSR count). The standard InChI is InChI=1S/C18H26N4O2.C2HF3O2/c1-6-22(7-2)16(23)14-12-20-17(18(3,4)5)21-15(14)19-11-13-9-8-10-24-13;3-2(4,5)1(6)7/h8-10,12H,6-7,11H2,1-5H3,(H,19,20,21);(H,6,7). The topological polar surface area (TPSA) is 109 Å². The average molecular weight is 444 g/mol. The molecule has 2 aromatic rings. The highest BCUT2D eigenvalue weighted by Crippen LogP contribution is 2.23. The molecule has 172 valence electrons. The van der Waals surface area contributed by atoms with Crippen LogP contribution in [0.5, 0.6) is 0 Å². The second kappa shape index (κ2) is 10.8. The summed E-state index contributed by atoms with van der Waals surface area (Å²) in [6.07, 6.45) is -1.84. The molecule has 0 saturated heterocycles. The molecule has 0 aliphatic rings. The number of nitrogens with one attached hydrogen (secondary N) is 1. The fraction of sp³-hybridized carbons (Fsp3) is 0.500. The van der Waals surface area contributed by atoms with E-state index in [1.165, 1.54) is 0 Å². The molecule has 0 spiro atoms. The predicted octanol–water partition coefficient (Wildman–Crippen LogP) is 4.09. The van der Waals surface area contributed by atoms with Crippen molar-refractivity contribution in [3.8, 4) is 0 Å². The van der Waals surface area contributed by atoms with Gasteiger partial charge in [0.25, 0.3) is 5.91 Å². The first-order valence-electron chi connectivity index (χ1n) is 9.54. The number of carboxylic acid groups (broad SMARTS) is 1. The molecule has 31 heavy (non-hydrogen) atoms. The van der Waals surface area contributed by atoms with Crippen molar-refractivity contribution >= 4 is 17.7 Å². The normalized spacial score (nSPS) is 11.4. The van der Waals surface area contributed by atoms with Crippen LogP contribution in [0.3, 0.4) is 0 Å². The highest BCUT2D eigenvalue weighted by Gasteiger charge is 2.38. The van der Waals surface area contributed by atoms with Crippen LogP contribution in [0.1, 0.15) is 56.6 Å². The molecular weight excluding hydrogens is 417 g/mol. The number of nitrogens with zero attached hydrogens (tertiary/aromatic N) is 3. The second-order valence-electron chi connectivity index (χ2n) is 7.42. The van der Waals surface area contributed by atoms with E-state index in [0.29, 0.717) is 36.8 Å². The van der Waals surface area contributed by atoms with E-state index in [9.17, 15) is 18.0 Å². The summed E-state index contributed by atoms with van der Waals surface area (Å²) >= 11 is 0. The maximum absolute atomic E-state index is 12.7. The molecule has 0 fully saturated rings. The van der Waals surface area contributed by atoms with Crippen LogP contribution in [-0.2, 0) is 16.8 Å². The number of rotatable bonds is 6. The average Bonchev–Trinajstić information content (AvgIpc) is 3.19. The van der Waals surface area contributed by atoms with Gasteiger partial charge in [0.15, 0.2) is 0 Å². The van der Waals surface area contributed by atoms with Crippen molar-refractivity contribution in [2.75, 3.05) is 18.4 Å². The van der Waals surface area contributed by atoms with Crippen molar-refractivity contribution in [2.45, 2.75) is 52.8 Å². The molecule has 0 unspecified atom stereocenters. The van der Waals surface area contributed by atoms with E-state index in [1.54, 1.807) is 17.4 Å². The number of anilines is 1. The molecule has 2 aromatic heterocycles. The molecule has 0 radical (unpaired) electrons. The molecule has 11 heteroatoms. The number of alkyl halides is 3. The minimum Gasteiger partial charge on any atom is -0.475 e. The van der Waals surface area contributed by atoms with Gasteiger partial charge in [0, 0.05) is 24.7 Å². The predicted molar refractivity (Wildman–Crippen MR) is 108 cm³/mol. The fourth-order valence-corrected chi connectivity index (χ4v) is 2.30. The molecule has 0 aromatic carbocycles. The zero-order valence-electron chi connectivity index (χ0n) is 18.1. The highest BCUT2D eigenvalue weighted by molar-refractivity contribution is 5.98. The first-order chi connectivity index (χ1) is 14.3. The van der Waals surface area contributed by atoms with Crippen LogP contribution >= 0.6 is 0 Å². The third-order valence-corrected chi connectivity index (χ3v) is 3.99. The van der Waals surface area contributed by atoms with Gasteiger partial charge in [-0.05, 0) is 26.0 Å². The maximum Gasteiger partial charge on any atom is 0.490 e. The van der Waals surface area contributed by atoms with Crippen LogP contribution in [0.15, 0.2) is 29.0 Å². The van der Waals surface area contributed by atoms with E-state index in [1.807, 2.05) is 46.8 Å². The number of amides is 1.